The highest BCUT2D eigenvalue weighted by molar-refractivity contribution is 6.35. The van der Waals surface area contributed by atoms with Gasteiger partial charge in [-0.2, -0.15) is 5.10 Å². The quantitative estimate of drug-likeness (QED) is 0.814. The van der Waals surface area contributed by atoms with Gasteiger partial charge in [-0.05, 0) is 24.3 Å². The summed E-state index contributed by atoms with van der Waals surface area (Å²) in [7, 11) is 1.65. The van der Waals surface area contributed by atoms with Crippen LogP contribution in [0, 0.1) is 0 Å². The Hall–Kier alpha value is -1.81. The number of hydrogen-bond donors (Lipinski definition) is 1. The number of hydrogen-bond acceptors (Lipinski definition) is 3. The average Bonchev–Trinajstić information content (AvgIpc) is 2.55. The maximum absolute atomic E-state index is 10.8. The standard InChI is InChI=1S/C11H9ClN2O2/c1-14-9(6-15)10(12)11(13-14)7-2-4-8(16)5-3-7/h2-6,16H,1H3. The SMILES string of the molecule is Cn1nc(-c2ccc(O)cc2)c(Cl)c1C=O. The van der Waals surface area contributed by atoms with Gasteiger partial charge in [-0.15, -0.1) is 0 Å². The van der Waals surface area contributed by atoms with Crippen molar-refractivity contribution in [3.63, 3.8) is 0 Å². The molecule has 2 rings (SSSR count). The molecule has 0 aliphatic heterocycles. The summed E-state index contributed by atoms with van der Waals surface area (Å²) in [5.74, 6) is 0.173. The molecule has 0 radical (unpaired) electrons. The lowest BCUT2D eigenvalue weighted by molar-refractivity contribution is 0.111. The molecule has 0 saturated carbocycles. The molecular formula is C11H9ClN2O2. The van der Waals surface area contributed by atoms with Crippen molar-refractivity contribution >= 4 is 17.9 Å². The van der Waals surface area contributed by atoms with Crippen LogP contribution in [0.2, 0.25) is 5.02 Å². The molecule has 1 heterocycles. The van der Waals surface area contributed by atoms with E-state index >= 15 is 0 Å². The predicted octanol–water partition coefficient (Wildman–Crippen LogP) is 2.26. The van der Waals surface area contributed by atoms with E-state index in [4.69, 9.17) is 16.7 Å². The normalized spacial score (nSPS) is 10.4. The first kappa shape index (κ1) is 10.7. The molecule has 0 saturated heterocycles. The largest absolute Gasteiger partial charge is 0.508 e. The van der Waals surface area contributed by atoms with E-state index < -0.39 is 0 Å². The van der Waals surface area contributed by atoms with Gasteiger partial charge in [0.15, 0.2) is 6.29 Å². The topological polar surface area (TPSA) is 55.1 Å². The first-order chi connectivity index (χ1) is 7.63. The monoisotopic (exact) mass is 236 g/mol. The number of aromatic hydroxyl groups is 1. The van der Waals surface area contributed by atoms with Crippen LogP contribution >= 0.6 is 11.6 Å². The van der Waals surface area contributed by atoms with Gasteiger partial charge in [0.05, 0.1) is 5.02 Å². The summed E-state index contributed by atoms with van der Waals surface area (Å²) in [4.78, 5) is 10.8. The Bertz CT molecular complexity index is 532. The van der Waals surface area contributed by atoms with Gasteiger partial charge in [0.25, 0.3) is 0 Å². The third-order valence-electron chi connectivity index (χ3n) is 2.28. The van der Waals surface area contributed by atoms with E-state index in [9.17, 15) is 4.79 Å². The van der Waals surface area contributed by atoms with Gasteiger partial charge in [0.2, 0.25) is 0 Å². The van der Waals surface area contributed by atoms with Crippen molar-refractivity contribution in [2.75, 3.05) is 0 Å². The molecule has 0 aliphatic carbocycles. The maximum atomic E-state index is 10.8. The second kappa shape index (κ2) is 3.98. The maximum Gasteiger partial charge on any atom is 0.169 e. The molecule has 0 aliphatic rings. The molecule has 5 heteroatoms. The summed E-state index contributed by atoms with van der Waals surface area (Å²) < 4.78 is 1.43. The Morgan fingerprint density at radius 1 is 1.38 bits per heavy atom. The van der Waals surface area contributed by atoms with Crippen molar-refractivity contribution in [2.24, 2.45) is 7.05 Å². The fourth-order valence-electron chi connectivity index (χ4n) is 1.44. The molecule has 2 aromatic rings. The van der Waals surface area contributed by atoms with Gasteiger partial charge in [0.1, 0.15) is 17.1 Å². The first-order valence-corrected chi connectivity index (χ1v) is 4.98. The van der Waals surface area contributed by atoms with E-state index in [0.717, 1.165) is 5.56 Å². The summed E-state index contributed by atoms with van der Waals surface area (Å²) in [5.41, 5.74) is 1.63. The van der Waals surface area contributed by atoms with Crippen molar-refractivity contribution in [2.45, 2.75) is 0 Å². The van der Waals surface area contributed by atoms with Crippen molar-refractivity contribution in [1.82, 2.24) is 9.78 Å². The number of carbonyl (C=O) groups excluding carboxylic acids is 1. The minimum Gasteiger partial charge on any atom is -0.508 e. The molecule has 16 heavy (non-hydrogen) atoms. The van der Waals surface area contributed by atoms with Crippen LogP contribution in [0.1, 0.15) is 10.5 Å². The second-order valence-electron chi connectivity index (χ2n) is 3.34. The predicted molar refractivity (Wildman–Crippen MR) is 60.7 cm³/mol. The van der Waals surface area contributed by atoms with Crippen LogP contribution in [0.5, 0.6) is 5.75 Å². The van der Waals surface area contributed by atoms with Crippen LogP contribution < -0.4 is 0 Å². The Morgan fingerprint density at radius 2 is 2.00 bits per heavy atom. The van der Waals surface area contributed by atoms with Crippen LogP contribution in [0.15, 0.2) is 24.3 Å². The number of aryl methyl sites for hydroxylation is 1. The van der Waals surface area contributed by atoms with Crippen LogP contribution in [-0.2, 0) is 7.05 Å². The van der Waals surface area contributed by atoms with Crippen LogP contribution in [-0.4, -0.2) is 21.2 Å². The van der Waals surface area contributed by atoms with E-state index in [1.807, 2.05) is 0 Å². The van der Waals surface area contributed by atoms with Crippen molar-refractivity contribution in [3.05, 3.63) is 35.0 Å². The lowest BCUT2D eigenvalue weighted by Crippen LogP contribution is -1.95. The van der Waals surface area contributed by atoms with Crippen molar-refractivity contribution in [3.8, 4) is 17.0 Å². The number of halogens is 1. The van der Waals surface area contributed by atoms with E-state index in [1.165, 1.54) is 4.68 Å². The minimum absolute atomic E-state index is 0.173. The summed E-state index contributed by atoms with van der Waals surface area (Å²) in [6.45, 7) is 0. The fourth-order valence-corrected chi connectivity index (χ4v) is 1.76. The van der Waals surface area contributed by atoms with E-state index in [0.29, 0.717) is 22.7 Å². The summed E-state index contributed by atoms with van der Waals surface area (Å²) >= 11 is 6.03. The van der Waals surface area contributed by atoms with Crippen LogP contribution in [0.4, 0.5) is 0 Å². The zero-order chi connectivity index (χ0) is 11.7. The van der Waals surface area contributed by atoms with Crippen LogP contribution in [0.3, 0.4) is 0 Å². The van der Waals surface area contributed by atoms with Gasteiger partial charge in [0, 0.05) is 12.6 Å². The van der Waals surface area contributed by atoms with Crippen molar-refractivity contribution < 1.29 is 9.90 Å². The number of aldehydes is 1. The number of nitrogens with zero attached hydrogens (tertiary/aromatic N) is 2. The summed E-state index contributed by atoms with van der Waals surface area (Å²) in [6.07, 6.45) is 0.666. The lowest BCUT2D eigenvalue weighted by atomic mass is 10.1. The highest BCUT2D eigenvalue weighted by atomic mass is 35.5. The van der Waals surface area contributed by atoms with Gasteiger partial charge in [-0.1, -0.05) is 11.6 Å². The highest BCUT2D eigenvalue weighted by Crippen LogP contribution is 2.29. The van der Waals surface area contributed by atoms with E-state index in [1.54, 1.807) is 31.3 Å². The summed E-state index contributed by atoms with van der Waals surface area (Å²) in [5, 5.41) is 13.6. The Kier molecular flexibility index (Phi) is 2.66. The third kappa shape index (κ3) is 1.67. The van der Waals surface area contributed by atoms with Gasteiger partial charge in [-0.25, -0.2) is 0 Å². The summed E-state index contributed by atoms with van der Waals surface area (Å²) in [6, 6.07) is 6.47. The van der Waals surface area contributed by atoms with E-state index in [2.05, 4.69) is 5.10 Å². The van der Waals surface area contributed by atoms with Crippen LogP contribution in [0.25, 0.3) is 11.3 Å². The molecule has 0 atom stereocenters. The first-order valence-electron chi connectivity index (χ1n) is 4.60. The number of phenols is 1. The Morgan fingerprint density at radius 3 is 2.50 bits per heavy atom. The molecule has 4 nitrogen and oxygen atoms in total. The molecule has 82 valence electrons. The molecule has 1 N–H and O–H groups in total. The molecule has 1 aromatic heterocycles. The average molecular weight is 237 g/mol. The van der Waals surface area contributed by atoms with E-state index in [-0.39, 0.29) is 5.75 Å². The van der Waals surface area contributed by atoms with Gasteiger partial charge in [-0.3, -0.25) is 9.48 Å². The van der Waals surface area contributed by atoms with Gasteiger partial charge < -0.3 is 5.11 Å². The molecule has 0 unspecified atom stereocenters. The number of benzene rings is 1. The molecule has 0 fully saturated rings. The van der Waals surface area contributed by atoms with Crippen molar-refractivity contribution in [1.29, 1.82) is 0 Å². The molecule has 0 spiro atoms. The molecule has 0 amide bonds. The zero-order valence-electron chi connectivity index (χ0n) is 8.51. The lowest BCUT2D eigenvalue weighted by Gasteiger charge is -1.97. The number of carbonyl (C=O) groups is 1. The number of aromatic nitrogens is 2. The Balaban J connectivity index is 2.56. The Labute approximate surface area is 97.1 Å². The highest BCUT2D eigenvalue weighted by Gasteiger charge is 2.14. The molecular weight excluding hydrogens is 228 g/mol. The smallest absolute Gasteiger partial charge is 0.169 e. The number of phenolic OH excluding ortho intramolecular Hbond substituents is 1. The number of rotatable bonds is 2. The minimum atomic E-state index is 0.173. The molecule has 0 bridgehead atoms. The second-order valence-corrected chi connectivity index (χ2v) is 3.71. The fraction of sp³-hybridized carbons (Fsp3) is 0.0909. The van der Waals surface area contributed by atoms with Gasteiger partial charge >= 0.3 is 0 Å². The third-order valence-corrected chi connectivity index (χ3v) is 2.66. The zero-order valence-corrected chi connectivity index (χ0v) is 9.27. The molecule has 1 aromatic carbocycles.